The zero-order chi connectivity index (χ0) is 25.7. The van der Waals surface area contributed by atoms with Crippen molar-refractivity contribution in [2.45, 2.75) is 11.8 Å². The Hall–Kier alpha value is -4.55. The van der Waals surface area contributed by atoms with E-state index in [1.807, 2.05) is 6.92 Å². The van der Waals surface area contributed by atoms with Crippen molar-refractivity contribution in [2.24, 2.45) is 11.4 Å². The molecule has 0 radical (unpaired) electrons. The number of rotatable bonds is 4. The molecule has 0 spiro atoms. The molecular formula is C27H23N5O3S. The predicted octanol–water partition coefficient (Wildman–Crippen LogP) is 4.07. The number of pyridine rings is 1. The third kappa shape index (κ3) is 5.92. The van der Waals surface area contributed by atoms with Crippen molar-refractivity contribution >= 4 is 27.4 Å². The number of hydrogen-bond donors (Lipinski definition) is 1. The summed E-state index contributed by atoms with van der Waals surface area (Å²) in [5, 5.41) is 7.05. The van der Waals surface area contributed by atoms with Crippen molar-refractivity contribution in [1.82, 2.24) is 14.8 Å². The molecule has 9 heteroatoms. The Morgan fingerprint density at radius 2 is 1.67 bits per heavy atom. The van der Waals surface area contributed by atoms with Crippen LogP contribution in [0.2, 0.25) is 0 Å². The maximum Gasteiger partial charge on any atom is 0.286 e. The van der Waals surface area contributed by atoms with Gasteiger partial charge < -0.3 is 5.32 Å². The number of nitrogens with one attached hydrogen (secondary N) is 1. The van der Waals surface area contributed by atoms with Crippen LogP contribution in [0, 0.1) is 18.8 Å². The first-order valence-electron chi connectivity index (χ1n) is 10.9. The van der Waals surface area contributed by atoms with Gasteiger partial charge in [0.2, 0.25) is 0 Å². The Kier molecular flexibility index (Phi) is 7.08. The monoisotopic (exact) mass is 497 g/mol. The molecule has 2 aromatic heterocycles. The van der Waals surface area contributed by atoms with Gasteiger partial charge in [0.15, 0.2) is 0 Å². The predicted molar refractivity (Wildman–Crippen MR) is 138 cm³/mol. The number of benzene rings is 2. The molecule has 180 valence electrons. The van der Waals surface area contributed by atoms with Gasteiger partial charge in [0.05, 0.1) is 21.0 Å². The minimum Gasteiger partial charge on any atom is -0.307 e. The van der Waals surface area contributed by atoms with Gasteiger partial charge in [-0.1, -0.05) is 36.1 Å². The van der Waals surface area contributed by atoms with Gasteiger partial charge in [-0.3, -0.25) is 19.3 Å². The second-order valence-electron chi connectivity index (χ2n) is 8.05. The van der Waals surface area contributed by atoms with Gasteiger partial charge in [-0.25, -0.2) is 4.21 Å². The van der Waals surface area contributed by atoms with E-state index in [1.165, 1.54) is 18.6 Å². The molecule has 4 aromatic rings. The number of carbonyl (C=O) groups excluding carboxylic acids is 2. The number of aromatic nitrogens is 3. The third-order valence-electron chi connectivity index (χ3n) is 5.14. The average Bonchev–Trinajstić information content (AvgIpc) is 3.19. The number of carbonyl (C=O) groups is 2. The van der Waals surface area contributed by atoms with E-state index in [0.717, 1.165) is 5.69 Å². The number of hydrogen-bond acceptors (Lipinski definition) is 5. The summed E-state index contributed by atoms with van der Waals surface area (Å²) in [7, 11) is -1.14. The summed E-state index contributed by atoms with van der Waals surface area (Å²) in [4.78, 5) is 29.9. The van der Waals surface area contributed by atoms with Crippen LogP contribution < -0.4 is 5.32 Å². The molecule has 2 heterocycles. The molecule has 2 amide bonds. The Morgan fingerprint density at radius 1 is 0.944 bits per heavy atom. The number of amides is 2. The van der Waals surface area contributed by atoms with Crippen LogP contribution in [-0.4, -0.2) is 37.0 Å². The Morgan fingerprint density at radius 3 is 2.39 bits per heavy atom. The van der Waals surface area contributed by atoms with Crippen LogP contribution in [0.3, 0.4) is 0 Å². The summed E-state index contributed by atoms with van der Waals surface area (Å²) >= 11 is 0. The highest BCUT2D eigenvalue weighted by Crippen LogP contribution is 2.14. The number of aryl methyl sites for hydroxylation is 2. The topological polar surface area (TPSA) is 106 Å². The summed E-state index contributed by atoms with van der Waals surface area (Å²) in [6.07, 6.45) is 4.31. The van der Waals surface area contributed by atoms with E-state index in [0.29, 0.717) is 27.4 Å². The average molecular weight is 498 g/mol. The maximum absolute atomic E-state index is 12.9. The quantitative estimate of drug-likeness (QED) is 0.428. The van der Waals surface area contributed by atoms with Crippen molar-refractivity contribution in [3.63, 3.8) is 0 Å². The molecule has 1 unspecified atom stereocenters. The highest BCUT2D eigenvalue weighted by Gasteiger charge is 2.12. The van der Waals surface area contributed by atoms with E-state index in [1.54, 1.807) is 78.5 Å². The summed E-state index contributed by atoms with van der Waals surface area (Å²) in [5.74, 6) is 5.63. The van der Waals surface area contributed by atoms with Crippen LogP contribution in [0.4, 0.5) is 5.82 Å². The van der Waals surface area contributed by atoms with E-state index >= 15 is 0 Å². The first-order chi connectivity index (χ1) is 17.2. The molecule has 0 aliphatic rings. The van der Waals surface area contributed by atoms with Crippen LogP contribution in [-0.2, 0) is 16.8 Å². The number of anilines is 1. The molecule has 8 nitrogen and oxygen atoms in total. The SMILES string of the molecule is Cc1cc(NC(=O)c2cccc(C#Cc3cncc(C(=O)N=S(C)(=O)c4ccccc4)c3)c2)n(C)n1. The lowest BCUT2D eigenvalue weighted by Gasteiger charge is -2.05. The molecular weight excluding hydrogens is 474 g/mol. The van der Waals surface area contributed by atoms with Crippen molar-refractivity contribution < 1.29 is 13.8 Å². The molecule has 1 N–H and O–H groups in total. The first-order valence-corrected chi connectivity index (χ1v) is 12.8. The van der Waals surface area contributed by atoms with Crippen molar-refractivity contribution in [2.75, 3.05) is 11.6 Å². The Balaban J connectivity index is 1.53. The molecule has 0 aliphatic heterocycles. The van der Waals surface area contributed by atoms with Gasteiger partial charge in [0, 0.05) is 53.3 Å². The third-order valence-corrected chi connectivity index (χ3v) is 6.80. The standard InChI is InChI=1S/C27H23N5O3S/c1-19-14-25(32(2)30-19)29-26(33)22-9-7-8-20(15-22)12-13-21-16-23(18-28-17-21)27(34)31-36(3,35)24-10-5-4-6-11-24/h4-11,14-18H,1-3H3,(H,29,33). The molecule has 0 fully saturated rings. The van der Waals surface area contributed by atoms with Crippen LogP contribution in [0.25, 0.3) is 0 Å². The van der Waals surface area contributed by atoms with Gasteiger partial charge in [-0.2, -0.15) is 9.46 Å². The molecule has 1 atom stereocenters. The smallest absolute Gasteiger partial charge is 0.286 e. The van der Waals surface area contributed by atoms with Gasteiger partial charge >= 0.3 is 0 Å². The second-order valence-corrected chi connectivity index (χ2v) is 10.3. The summed E-state index contributed by atoms with van der Waals surface area (Å²) in [5.41, 5.74) is 2.53. The molecule has 4 rings (SSSR count). The molecule has 0 aliphatic carbocycles. The Bertz CT molecular complexity index is 1640. The lowest BCUT2D eigenvalue weighted by Crippen LogP contribution is -2.14. The van der Waals surface area contributed by atoms with Crippen molar-refractivity contribution in [1.29, 1.82) is 0 Å². The van der Waals surface area contributed by atoms with Gasteiger partial charge in [0.1, 0.15) is 5.82 Å². The fourth-order valence-electron chi connectivity index (χ4n) is 3.36. The van der Waals surface area contributed by atoms with E-state index in [-0.39, 0.29) is 11.5 Å². The van der Waals surface area contributed by atoms with Gasteiger partial charge in [-0.05, 0) is 43.3 Å². The fourth-order valence-corrected chi connectivity index (χ4v) is 4.55. The van der Waals surface area contributed by atoms with E-state index < -0.39 is 15.6 Å². The highest BCUT2D eigenvalue weighted by atomic mass is 32.2. The second kappa shape index (κ2) is 10.4. The van der Waals surface area contributed by atoms with E-state index in [9.17, 15) is 13.8 Å². The summed E-state index contributed by atoms with van der Waals surface area (Å²) in [6, 6.07) is 18.9. The molecule has 2 aromatic carbocycles. The van der Waals surface area contributed by atoms with Crippen LogP contribution in [0.15, 0.2) is 88.4 Å². The van der Waals surface area contributed by atoms with Crippen LogP contribution in [0.1, 0.15) is 37.5 Å². The van der Waals surface area contributed by atoms with Crippen LogP contribution >= 0.6 is 0 Å². The Labute approximate surface area is 209 Å². The zero-order valence-corrected chi connectivity index (χ0v) is 20.7. The molecule has 36 heavy (non-hydrogen) atoms. The lowest BCUT2D eigenvalue weighted by molar-refractivity contribution is 0.100. The fraction of sp³-hybridized carbons (Fsp3) is 0.111. The highest BCUT2D eigenvalue weighted by molar-refractivity contribution is 7.93. The van der Waals surface area contributed by atoms with E-state index in [4.69, 9.17) is 0 Å². The normalized spacial score (nSPS) is 12.1. The zero-order valence-electron chi connectivity index (χ0n) is 19.9. The summed E-state index contributed by atoms with van der Waals surface area (Å²) < 4.78 is 18.4. The number of nitrogens with zero attached hydrogens (tertiary/aromatic N) is 4. The van der Waals surface area contributed by atoms with Crippen LogP contribution in [0.5, 0.6) is 0 Å². The minimum atomic E-state index is -2.89. The molecule has 0 saturated heterocycles. The molecule has 0 bridgehead atoms. The van der Waals surface area contributed by atoms with Crippen molar-refractivity contribution in [3.05, 3.63) is 107 Å². The first kappa shape index (κ1) is 24.6. The van der Waals surface area contributed by atoms with Gasteiger partial charge in [0.25, 0.3) is 11.8 Å². The van der Waals surface area contributed by atoms with Crippen molar-refractivity contribution in [3.8, 4) is 11.8 Å². The summed E-state index contributed by atoms with van der Waals surface area (Å²) in [6.45, 7) is 1.85. The lowest BCUT2D eigenvalue weighted by atomic mass is 10.1. The molecule has 0 saturated carbocycles. The largest absolute Gasteiger partial charge is 0.307 e. The van der Waals surface area contributed by atoms with Gasteiger partial charge in [-0.15, -0.1) is 0 Å². The maximum atomic E-state index is 12.9. The minimum absolute atomic E-state index is 0.187. The van der Waals surface area contributed by atoms with E-state index in [2.05, 4.69) is 31.6 Å².